The zero-order valence-corrected chi connectivity index (χ0v) is 13.3. The standard InChI is InChI=1S/C19H14N2O4/c1-24-17-4-2-3-12-9-13(25-18(12)17)6-8-16(22)11-5-7-14-15(10-11)21-19(23)20-14/h2-10H,1H3,(H2,20,21,23)/b8-6+. The third-order valence-corrected chi connectivity index (χ3v) is 3.95. The largest absolute Gasteiger partial charge is 0.493 e. The fraction of sp³-hybridized carbons (Fsp3) is 0.0526. The van der Waals surface area contributed by atoms with E-state index in [-0.39, 0.29) is 11.5 Å². The predicted octanol–water partition coefficient (Wildman–Crippen LogP) is 3.51. The van der Waals surface area contributed by atoms with Crippen molar-refractivity contribution in [3.63, 3.8) is 0 Å². The van der Waals surface area contributed by atoms with Gasteiger partial charge in [0.25, 0.3) is 0 Å². The molecule has 4 aromatic rings. The first-order valence-corrected chi connectivity index (χ1v) is 7.65. The number of allylic oxidation sites excluding steroid dienone is 1. The van der Waals surface area contributed by atoms with E-state index in [2.05, 4.69) is 9.97 Å². The topological polar surface area (TPSA) is 88.1 Å². The Labute approximate surface area is 141 Å². The highest BCUT2D eigenvalue weighted by atomic mass is 16.5. The third-order valence-electron chi connectivity index (χ3n) is 3.95. The number of hydrogen-bond acceptors (Lipinski definition) is 4. The molecular formula is C19H14N2O4. The van der Waals surface area contributed by atoms with E-state index in [0.29, 0.717) is 33.7 Å². The number of para-hydroxylation sites is 1. The van der Waals surface area contributed by atoms with Gasteiger partial charge < -0.3 is 19.1 Å². The molecule has 2 aromatic heterocycles. The summed E-state index contributed by atoms with van der Waals surface area (Å²) >= 11 is 0. The maximum absolute atomic E-state index is 12.4. The minimum Gasteiger partial charge on any atom is -0.493 e. The van der Waals surface area contributed by atoms with E-state index in [0.717, 1.165) is 5.39 Å². The fourth-order valence-corrected chi connectivity index (χ4v) is 2.74. The smallest absolute Gasteiger partial charge is 0.323 e. The van der Waals surface area contributed by atoms with E-state index in [1.807, 2.05) is 24.3 Å². The molecule has 6 nitrogen and oxygen atoms in total. The van der Waals surface area contributed by atoms with E-state index >= 15 is 0 Å². The molecule has 2 heterocycles. The number of carbonyl (C=O) groups excluding carboxylic acids is 1. The van der Waals surface area contributed by atoms with Gasteiger partial charge in [-0.3, -0.25) is 4.79 Å². The van der Waals surface area contributed by atoms with Crippen LogP contribution in [-0.2, 0) is 0 Å². The lowest BCUT2D eigenvalue weighted by Gasteiger charge is -1.98. The Kier molecular flexibility index (Phi) is 3.50. The number of carbonyl (C=O) groups is 1. The van der Waals surface area contributed by atoms with Gasteiger partial charge in [0.1, 0.15) is 5.76 Å². The molecule has 0 atom stereocenters. The summed E-state index contributed by atoms with van der Waals surface area (Å²) in [4.78, 5) is 28.9. The first-order chi connectivity index (χ1) is 12.1. The lowest BCUT2D eigenvalue weighted by Crippen LogP contribution is -1.99. The van der Waals surface area contributed by atoms with E-state index < -0.39 is 0 Å². The molecule has 6 heteroatoms. The highest BCUT2D eigenvalue weighted by molar-refractivity contribution is 6.08. The second-order valence-electron chi connectivity index (χ2n) is 5.56. The molecule has 0 aliphatic heterocycles. The second-order valence-corrected chi connectivity index (χ2v) is 5.56. The summed E-state index contributed by atoms with van der Waals surface area (Å²) in [5, 5.41) is 0.901. The summed E-state index contributed by atoms with van der Waals surface area (Å²) in [6, 6.07) is 12.5. The van der Waals surface area contributed by atoms with E-state index in [1.54, 1.807) is 31.4 Å². The molecule has 0 aliphatic carbocycles. The number of ketones is 1. The van der Waals surface area contributed by atoms with E-state index in [9.17, 15) is 9.59 Å². The van der Waals surface area contributed by atoms with Crippen LogP contribution in [0.25, 0.3) is 28.1 Å². The molecule has 0 radical (unpaired) electrons. The van der Waals surface area contributed by atoms with E-state index in [1.165, 1.54) is 6.08 Å². The molecule has 25 heavy (non-hydrogen) atoms. The van der Waals surface area contributed by atoms with Crippen molar-refractivity contribution in [3.05, 3.63) is 70.3 Å². The molecule has 124 valence electrons. The molecule has 0 aliphatic rings. The predicted molar refractivity (Wildman–Crippen MR) is 95.0 cm³/mol. The number of benzene rings is 2. The number of aromatic nitrogens is 2. The molecule has 0 bridgehead atoms. The van der Waals surface area contributed by atoms with Crippen molar-refractivity contribution in [1.29, 1.82) is 0 Å². The number of methoxy groups -OCH3 is 1. The minimum absolute atomic E-state index is 0.184. The number of fused-ring (bicyclic) bond motifs is 2. The second kappa shape index (κ2) is 5.83. The summed E-state index contributed by atoms with van der Waals surface area (Å²) in [6.45, 7) is 0. The van der Waals surface area contributed by atoms with Crippen LogP contribution in [0.15, 0.2) is 57.8 Å². The van der Waals surface area contributed by atoms with Crippen LogP contribution in [0.5, 0.6) is 5.75 Å². The molecule has 4 rings (SSSR count). The monoisotopic (exact) mass is 334 g/mol. The van der Waals surface area contributed by atoms with Crippen molar-refractivity contribution in [2.75, 3.05) is 7.11 Å². The molecule has 2 aromatic carbocycles. The number of hydrogen-bond donors (Lipinski definition) is 2. The maximum Gasteiger partial charge on any atom is 0.323 e. The van der Waals surface area contributed by atoms with Crippen LogP contribution in [-0.4, -0.2) is 22.9 Å². The summed E-state index contributed by atoms with van der Waals surface area (Å²) in [5.41, 5.74) is 2.08. The van der Waals surface area contributed by atoms with Gasteiger partial charge >= 0.3 is 5.69 Å². The first-order valence-electron chi connectivity index (χ1n) is 7.65. The number of aromatic amines is 2. The molecular weight excluding hydrogens is 320 g/mol. The van der Waals surface area contributed by atoms with Crippen molar-refractivity contribution in [1.82, 2.24) is 9.97 Å². The highest BCUT2D eigenvalue weighted by Gasteiger charge is 2.08. The Morgan fingerprint density at radius 2 is 1.96 bits per heavy atom. The van der Waals surface area contributed by atoms with Gasteiger partial charge in [0, 0.05) is 10.9 Å². The first kappa shape index (κ1) is 15.0. The number of H-pyrrole nitrogens is 2. The van der Waals surface area contributed by atoms with Crippen LogP contribution in [0, 0.1) is 0 Å². The highest BCUT2D eigenvalue weighted by Crippen LogP contribution is 2.29. The number of furan rings is 1. The lowest BCUT2D eigenvalue weighted by molar-refractivity contribution is 0.104. The number of rotatable bonds is 4. The zero-order valence-electron chi connectivity index (χ0n) is 13.3. The van der Waals surface area contributed by atoms with Crippen LogP contribution in [0.2, 0.25) is 0 Å². The number of imidazole rings is 1. The summed E-state index contributed by atoms with van der Waals surface area (Å²) in [6.07, 6.45) is 3.06. The zero-order chi connectivity index (χ0) is 17.4. The van der Waals surface area contributed by atoms with Gasteiger partial charge in [0.05, 0.1) is 18.1 Å². The van der Waals surface area contributed by atoms with Crippen LogP contribution in [0.1, 0.15) is 16.1 Å². The Bertz CT molecular complexity index is 1180. The summed E-state index contributed by atoms with van der Waals surface area (Å²) < 4.78 is 11.0. The van der Waals surface area contributed by atoms with Gasteiger partial charge in [0.15, 0.2) is 17.1 Å². The van der Waals surface area contributed by atoms with Gasteiger partial charge in [-0.2, -0.15) is 0 Å². The molecule has 0 saturated heterocycles. The molecule has 0 amide bonds. The molecule has 0 unspecified atom stereocenters. The molecule has 0 saturated carbocycles. The van der Waals surface area contributed by atoms with Crippen molar-refractivity contribution >= 4 is 33.9 Å². The van der Waals surface area contributed by atoms with Crippen molar-refractivity contribution in [2.45, 2.75) is 0 Å². The minimum atomic E-state index is -0.300. The van der Waals surface area contributed by atoms with Crippen molar-refractivity contribution in [3.8, 4) is 5.75 Å². The average molecular weight is 334 g/mol. The fourth-order valence-electron chi connectivity index (χ4n) is 2.74. The van der Waals surface area contributed by atoms with Gasteiger partial charge in [0.2, 0.25) is 0 Å². The maximum atomic E-state index is 12.4. The Balaban J connectivity index is 1.63. The third kappa shape index (κ3) is 2.74. The van der Waals surface area contributed by atoms with Crippen LogP contribution >= 0.6 is 0 Å². The molecule has 0 spiro atoms. The number of nitrogens with one attached hydrogen (secondary N) is 2. The van der Waals surface area contributed by atoms with Gasteiger partial charge in [-0.25, -0.2) is 4.79 Å². The Morgan fingerprint density at radius 1 is 1.12 bits per heavy atom. The Morgan fingerprint density at radius 3 is 2.80 bits per heavy atom. The van der Waals surface area contributed by atoms with Gasteiger partial charge in [-0.05, 0) is 42.5 Å². The van der Waals surface area contributed by atoms with Crippen LogP contribution < -0.4 is 10.4 Å². The molecule has 2 N–H and O–H groups in total. The molecule has 0 fully saturated rings. The summed E-state index contributed by atoms with van der Waals surface area (Å²) in [5.74, 6) is 1.02. The number of ether oxygens (including phenoxy) is 1. The van der Waals surface area contributed by atoms with Crippen LogP contribution in [0.4, 0.5) is 0 Å². The van der Waals surface area contributed by atoms with Crippen molar-refractivity contribution in [2.24, 2.45) is 0 Å². The van der Waals surface area contributed by atoms with Crippen LogP contribution in [0.3, 0.4) is 0 Å². The van der Waals surface area contributed by atoms with Gasteiger partial charge in [-0.15, -0.1) is 0 Å². The average Bonchev–Trinajstić information content (AvgIpc) is 3.20. The van der Waals surface area contributed by atoms with Crippen molar-refractivity contribution < 1.29 is 13.9 Å². The Hall–Kier alpha value is -3.54. The lowest BCUT2D eigenvalue weighted by atomic mass is 10.1. The normalized spacial score (nSPS) is 11.6. The van der Waals surface area contributed by atoms with E-state index in [4.69, 9.17) is 9.15 Å². The quantitative estimate of drug-likeness (QED) is 0.441. The SMILES string of the molecule is COc1cccc2cc(/C=C/C(=O)c3ccc4[nH]c(=O)[nH]c4c3)oc12. The van der Waals surface area contributed by atoms with Gasteiger partial charge in [-0.1, -0.05) is 12.1 Å². The summed E-state index contributed by atoms with van der Waals surface area (Å²) in [7, 11) is 1.58.